The van der Waals surface area contributed by atoms with Gasteiger partial charge in [0.2, 0.25) is 0 Å². The van der Waals surface area contributed by atoms with Gasteiger partial charge in [0.1, 0.15) is 5.75 Å². The lowest BCUT2D eigenvalue weighted by atomic mass is 10.1. The highest BCUT2D eigenvalue weighted by Crippen LogP contribution is 2.23. The highest BCUT2D eigenvalue weighted by Gasteiger charge is 2.10. The minimum atomic E-state index is 0.862. The van der Waals surface area contributed by atoms with Gasteiger partial charge < -0.3 is 9.64 Å². The van der Waals surface area contributed by atoms with Crippen molar-refractivity contribution >= 4 is 5.69 Å². The number of rotatable bonds is 15. The average molecular weight is 374 g/mol. The highest BCUT2D eigenvalue weighted by molar-refractivity contribution is 5.49. The maximum Gasteiger partial charge on any atom is 0.119 e. The zero-order valence-electron chi connectivity index (χ0n) is 17.9. The first kappa shape index (κ1) is 22.1. The van der Waals surface area contributed by atoms with Crippen LogP contribution in [-0.2, 0) is 0 Å². The van der Waals surface area contributed by atoms with Gasteiger partial charge in [0.15, 0.2) is 0 Å². The zero-order chi connectivity index (χ0) is 19.0. The first-order chi connectivity index (χ1) is 13.4. The minimum absolute atomic E-state index is 0.862. The van der Waals surface area contributed by atoms with E-state index in [1.54, 1.807) is 0 Å². The Kier molecular flexibility index (Phi) is 12.1. The van der Waals surface area contributed by atoms with Crippen LogP contribution in [-0.4, -0.2) is 19.7 Å². The number of hydrogen-bond donors (Lipinski definition) is 0. The molecule has 2 rings (SSSR count). The molecule has 0 aliphatic carbocycles. The van der Waals surface area contributed by atoms with Gasteiger partial charge >= 0.3 is 0 Å². The van der Waals surface area contributed by atoms with Crippen LogP contribution in [0.5, 0.6) is 5.75 Å². The minimum Gasteiger partial charge on any atom is -0.494 e. The normalized spacial score (nSPS) is 14.5. The van der Waals surface area contributed by atoms with Crippen molar-refractivity contribution in [3.63, 3.8) is 0 Å². The number of anilines is 1. The fourth-order valence-corrected chi connectivity index (χ4v) is 4.04. The molecule has 0 saturated carbocycles. The maximum absolute atomic E-state index is 5.92. The van der Waals surface area contributed by atoms with Crippen LogP contribution in [0.15, 0.2) is 24.3 Å². The van der Waals surface area contributed by atoms with Crippen LogP contribution in [0.2, 0.25) is 0 Å². The van der Waals surface area contributed by atoms with Crippen LogP contribution in [0.1, 0.15) is 103 Å². The Labute approximate surface area is 168 Å². The fraction of sp³-hybridized carbons (Fsp3) is 0.760. The quantitative estimate of drug-likeness (QED) is 0.291. The van der Waals surface area contributed by atoms with E-state index in [0.29, 0.717) is 0 Å². The SMILES string of the molecule is CCCCCCCCCCCCCCOc1ccc(N2CCCCC2)cc1. The summed E-state index contributed by atoms with van der Waals surface area (Å²) in [5.41, 5.74) is 1.35. The molecule has 0 amide bonds. The van der Waals surface area contributed by atoms with Gasteiger partial charge in [0.05, 0.1) is 6.61 Å². The molecular weight excluding hydrogens is 330 g/mol. The highest BCUT2D eigenvalue weighted by atomic mass is 16.5. The Bertz CT molecular complexity index is 450. The van der Waals surface area contributed by atoms with E-state index in [4.69, 9.17) is 4.74 Å². The van der Waals surface area contributed by atoms with E-state index in [1.807, 2.05) is 0 Å². The molecule has 1 heterocycles. The van der Waals surface area contributed by atoms with Crippen LogP contribution < -0.4 is 9.64 Å². The summed E-state index contributed by atoms with van der Waals surface area (Å²) in [6.07, 6.45) is 20.7. The Morgan fingerprint density at radius 3 is 1.74 bits per heavy atom. The lowest BCUT2D eigenvalue weighted by Crippen LogP contribution is -2.29. The van der Waals surface area contributed by atoms with E-state index in [9.17, 15) is 0 Å². The molecule has 1 fully saturated rings. The molecule has 154 valence electrons. The maximum atomic E-state index is 5.92. The van der Waals surface area contributed by atoms with Gasteiger partial charge in [-0.1, -0.05) is 77.6 Å². The molecule has 1 aromatic carbocycles. The first-order valence-electron chi connectivity index (χ1n) is 11.9. The van der Waals surface area contributed by atoms with E-state index in [0.717, 1.165) is 12.4 Å². The Hall–Kier alpha value is -1.18. The lowest BCUT2D eigenvalue weighted by Gasteiger charge is -2.28. The lowest BCUT2D eigenvalue weighted by molar-refractivity contribution is 0.304. The van der Waals surface area contributed by atoms with Gasteiger partial charge in [-0.05, 0) is 49.9 Å². The van der Waals surface area contributed by atoms with Crippen molar-refractivity contribution < 1.29 is 4.74 Å². The molecule has 2 heteroatoms. The predicted octanol–water partition coefficient (Wildman–Crippen LogP) is 7.76. The molecule has 27 heavy (non-hydrogen) atoms. The summed E-state index contributed by atoms with van der Waals surface area (Å²) in [4.78, 5) is 2.50. The molecule has 1 aromatic rings. The zero-order valence-corrected chi connectivity index (χ0v) is 17.9. The number of piperidine rings is 1. The van der Waals surface area contributed by atoms with Crippen molar-refractivity contribution in [1.82, 2.24) is 0 Å². The van der Waals surface area contributed by atoms with Crippen LogP contribution in [0, 0.1) is 0 Å². The van der Waals surface area contributed by atoms with Crippen molar-refractivity contribution in [2.75, 3.05) is 24.6 Å². The second-order valence-electron chi connectivity index (χ2n) is 8.28. The van der Waals surface area contributed by atoms with Gasteiger partial charge in [-0.2, -0.15) is 0 Å². The first-order valence-corrected chi connectivity index (χ1v) is 11.9. The molecule has 2 nitrogen and oxygen atoms in total. The summed E-state index contributed by atoms with van der Waals surface area (Å²) < 4.78 is 5.92. The third-order valence-corrected chi connectivity index (χ3v) is 5.82. The van der Waals surface area contributed by atoms with Crippen molar-refractivity contribution in [2.45, 2.75) is 103 Å². The summed E-state index contributed by atoms with van der Waals surface area (Å²) >= 11 is 0. The van der Waals surface area contributed by atoms with Crippen molar-refractivity contribution in [3.05, 3.63) is 24.3 Å². The third kappa shape index (κ3) is 10.1. The van der Waals surface area contributed by atoms with Crippen LogP contribution in [0.4, 0.5) is 5.69 Å². The predicted molar refractivity (Wildman–Crippen MR) is 119 cm³/mol. The van der Waals surface area contributed by atoms with E-state index in [1.165, 1.54) is 115 Å². The van der Waals surface area contributed by atoms with E-state index in [-0.39, 0.29) is 0 Å². The molecule has 0 atom stereocenters. The second-order valence-corrected chi connectivity index (χ2v) is 8.28. The number of hydrogen-bond acceptors (Lipinski definition) is 2. The van der Waals surface area contributed by atoms with Crippen LogP contribution in [0.25, 0.3) is 0 Å². The molecule has 0 unspecified atom stereocenters. The molecular formula is C25H43NO. The topological polar surface area (TPSA) is 12.5 Å². The fourth-order valence-electron chi connectivity index (χ4n) is 4.04. The summed E-state index contributed by atoms with van der Waals surface area (Å²) in [6, 6.07) is 8.74. The number of benzene rings is 1. The second kappa shape index (κ2) is 14.8. The van der Waals surface area contributed by atoms with Crippen molar-refractivity contribution in [2.24, 2.45) is 0 Å². The largest absolute Gasteiger partial charge is 0.494 e. The van der Waals surface area contributed by atoms with Gasteiger partial charge in [0, 0.05) is 18.8 Å². The number of nitrogens with zero attached hydrogens (tertiary/aromatic N) is 1. The average Bonchev–Trinajstić information content (AvgIpc) is 2.72. The molecule has 0 aromatic heterocycles. The summed E-state index contributed by atoms with van der Waals surface area (Å²) in [7, 11) is 0. The molecule has 0 spiro atoms. The standard InChI is InChI=1S/C25H43NO/c1-2-3-4-5-6-7-8-9-10-11-12-16-23-27-25-19-17-24(18-20-25)26-21-14-13-15-22-26/h17-20H,2-16,21-23H2,1H3. The van der Waals surface area contributed by atoms with Crippen LogP contribution in [0.3, 0.4) is 0 Å². The monoisotopic (exact) mass is 373 g/mol. The van der Waals surface area contributed by atoms with Gasteiger partial charge in [0.25, 0.3) is 0 Å². The van der Waals surface area contributed by atoms with Crippen molar-refractivity contribution in [1.29, 1.82) is 0 Å². The van der Waals surface area contributed by atoms with E-state index >= 15 is 0 Å². The summed E-state index contributed by atoms with van der Waals surface area (Å²) in [5.74, 6) is 1.03. The Morgan fingerprint density at radius 1 is 0.667 bits per heavy atom. The van der Waals surface area contributed by atoms with E-state index in [2.05, 4.69) is 36.1 Å². The van der Waals surface area contributed by atoms with Crippen LogP contribution >= 0.6 is 0 Å². The summed E-state index contributed by atoms with van der Waals surface area (Å²) in [5, 5.41) is 0. The van der Waals surface area contributed by atoms with E-state index < -0.39 is 0 Å². The molecule has 1 aliphatic rings. The number of unbranched alkanes of at least 4 members (excludes halogenated alkanes) is 11. The molecule has 0 bridgehead atoms. The van der Waals surface area contributed by atoms with Crippen molar-refractivity contribution in [3.8, 4) is 5.75 Å². The van der Waals surface area contributed by atoms with Gasteiger partial charge in [-0.3, -0.25) is 0 Å². The molecule has 0 N–H and O–H groups in total. The van der Waals surface area contributed by atoms with Gasteiger partial charge in [-0.25, -0.2) is 0 Å². The molecule has 1 aliphatic heterocycles. The smallest absolute Gasteiger partial charge is 0.119 e. The molecule has 0 radical (unpaired) electrons. The molecule has 1 saturated heterocycles. The number of ether oxygens (including phenoxy) is 1. The Balaban J connectivity index is 1.41. The Morgan fingerprint density at radius 2 is 1.19 bits per heavy atom. The third-order valence-electron chi connectivity index (χ3n) is 5.82. The van der Waals surface area contributed by atoms with Gasteiger partial charge in [-0.15, -0.1) is 0 Å². The summed E-state index contributed by atoms with van der Waals surface area (Å²) in [6.45, 7) is 5.57.